The van der Waals surface area contributed by atoms with E-state index < -0.39 is 6.43 Å². The van der Waals surface area contributed by atoms with Gasteiger partial charge >= 0.3 is 0 Å². The Morgan fingerprint density at radius 2 is 2.23 bits per heavy atom. The van der Waals surface area contributed by atoms with Crippen LogP contribution in [-0.4, -0.2) is 12.1 Å². The van der Waals surface area contributed by atoms with E-state index in [-0.39, 0.29) is 21.7 Å². The van der Waals surface area contributed by atoms with Crippen molar-refractivity contribution in [3.8, 4) is 5.88 Å². The minimum Gasteiger partial charge on any atom is -0.480 e. The Hall–Kier alpha value is -0.910. The molecule has 0 aromatic carbocycles. The number of hydrogen-bond acceptors (Lipinski definition) is 3. The Morgan fingerprint density at radius 1 is 1.62 bits per heavy atom. The van der Waals surface area contributed by atoms with Gasteiger partial charge in [0.05, 0.1) is 12.8 Å². The van der Waals surface area contributed by atoms with Gasteiger partial charge in [-0.15, -0.1) is 0 Å². The number of alkyl halides is 2. The molecule has 13 heavy (non-hydrogen) atoms. The maximum atomic E-state index is 12.3. The van der Waals surface area contributed by atoms with Gasteiger partial charge in [0.1, 0.15) is 5.69 Å². The van der Waals surface area contributed by atoms with Gasteiger partial charge in [0.2, 0.25) is 5.88 Å². The first-order valence-electron chi connectivity index (χ1n) is 3.34. The van der Waals surface area contributed by atoms with E-state index in [1.54, 1.807) is 0 Å². The molecule has 0 amide bonds. The van der Waals surface area contributed by atoms with Crippen molar-refractivity contribution in [2.75, 3.05) is 12.8 Å². The molecule has 0 aliphatic heterocycles. The fourth-order valence-electron chi connectivity index (χ4n) is 0.816. The number of rotatable bonds is 2. The van der Waals surface area contributed by atoms with Crippen molar-refractivity contribution in [3.05, 3.63) is 16.2 Å². The molecule has 2 N–H and O–H groups in total. The van der Waals surface area contributed by atoms with E-state index in [0.717, 1.165) is 0 Å². The molecular formula is C7H7BrF2N2O. The lowest BCUT2D eigenvalue weighted by Crippen LogP contribution is -2.00. The van der Waals surface area contributed by atoms with Crippen LogP contribution in [0.1, 0.15) is 12.1 Å². The van der Waals surface area contributed by atoms with E-state index >= 15 is 0 Å². The number of anilines is 1. The highest BCUT2D eigenvalue weighted by atomic mass is 79.9. The van der Waals surface area contributed by atoms with Crippen molar-refractivity contribution >= 4 is 21.6 Å². The van der Waals surface area contributed by atoms with Crippen LogP contribution in [0.15, 0.2) is 10.5 Å². The summed E-state index contributed by atoms with van der Waals surface area (Å²) in [6.07, 6.45) is -2.65. The predicted molar refractivity (Wildman–Crippen MR) is 47.9 cm³/mol. The summed E-state index contributed by atoms with van der Waals surface area (Å²) < 4.78 is 29.5. The molecule has 0 unspecified atom stereocenters. The number of nitrogen functional groups attached to an aromatic ring is 1. The molecule has 1 rings (SSSR count). The van der Waals surface area contributed by atoms with Crippen molar-refractivity contribution < 1.29 is 13.5 Å². The largest absolute Gasteiger partial charge is 0.480 e. The monoisotopic (exact) mass is 252 g/mol. The summed E-state index contributed by atoms with van der Waals surface area (Å²) in [6, 6.07) is 1.34. The van der Waals surface area contributed by atoms with Gasteiger partial charge in [-0.3, -0.25) is 0 Å². The number of pyridine rings is 1. The molecule has 1 aromatic heterocycles. The molecule has 0 saturated heterocycles. The van der Waals surface area contributed by atoms with Crippen LogP contribution in [0.2, 0.25) is 0 Å². The molecule has 0 bridgehead atoms. The first-order chi connectivity index (χ1) is 6.06. The van der Waals surface area contributed by atoms with Gasteiger partial charge in [0, 0.05) is 4.47 Å². The standard InChI is InChI=1S/C7H7BrF2N2O/c1-13-7-4(11)2-3(8)5(12-7)6(9)10/h2,6H,11H2,1H3. The number of ether oxygens (including phenoxy) is 1. The molecule has 0 aliphatic rings. The SMILES string of the molecule is COc1nc(C(F)F)c(Br)cc1N. The normalized spacial score (nSPS) is 10.5. The predicted octanol–water partition coefficient (Wildman–Crippen LogP) is 2.37. The molecule has 0 radical (unpaired) electrons. The zero-order valence-corrected chi connectivity index (χ0v) is 8.31. The Morgan fingerprint density at radius 3 is 2.69 bits per heavy atom. The second kappa shape index (κ2) is 3.87. The number of methoxy groups -OCH3 is 1. The van der Waals surface area contributed by atoms with Gasteiger partial charge in [0.15, 0.2) is 0 Å². The number of nitrogens with zero attached hydrogens (tertiary/aromatic N) is 1. The Balaban J connectivity index is 3.22. The first kappa shape index (κ1) is 10.2. The lowest BCUT2D eigenvalue weighted by Gasteiger charge is -2.07. The average Bonchev–Trinajstić information content (AvgIpc) is 2.03. The smallest absolute Gasteiger partial charge is 0.281 e. The van der Waals surface area contributed by atoms with Gasteiger partial charge < -0.3 is 10.5 Å². The van der Waals surface area contributed by atoms with Gasteiger partial charge in [-0.25, -0.2) is 13.8 Å². The van der Waals surface area contributed by atoms with Crippen LogP contribution < -0.4 is 10.5 Å². The zero-order valence-electron chi connectivity index (χ0n) is 6.72. The van der Waals surface area contributed by atoms with Crippen molar-refractivity contribution in [2.45, 2.75) is 6.43 Å². The second-order valence-corrected chi connectivity index (χ2v) is 3.11. The highest BCUT2D eigenvalue weighted by Gasteiger charge is 2.16. The Kier molecular flexibility index (Phi) is 3.02. The molecule has 1 heterocycles. The molecule has 1 aromatic rings. The summed E-state index contributed by atoms with van der Waals surface area (Å²) >= 11 is 2.93. The fraction of sp³-hybridized carbons (Fsp3) is 0.286. The summed E-state index contributed by atoms with van der Waals surface area (Å²) in [5.41, 5.74) is 5.29. The third-order valence-corrected chi connectivity index (χ3v) is 2.03. The molecule has 0 aliphatic carbocycles. The van der Waals surface area contributed by atoms with Crippen molar-refractivity contribution in [2.24, 2.45) is 0 Å². The number of nitrogens with two attached hydrogens (primary N) is 1. The topological polar surface area (TPSA) is 48.1 Å². The minimum absolute atomic E-state index is 0.0125. The molecule has 0 atom stereocenters. The van der Waals surface area contributed by atoms with Crippen LogP contribution in [0.3, 0.4) is 0 Å². The number of aromatic nitrogens is 1. The van der Waals surface area contributed by atoms with Crippen LogP contribution in [0.25, 0.3) is 0 Å². The van der Waals surface area contributed by atoms with Crippen molar-refractivity contribution in [1.82, 2.24) is 4.98 Å². The van der Waals surface area contributed by atoms with Gasteiger partial charge in [0.25, 0.3) is 6.43 Å². The minimum atomic E-state index is -2.65. The maximum absolute atomic E-state index is 12.3. The van der Waals surface area contributed by atoms with Crippen LogP contribution >= 0.6 is 15.9 Å². The van der Waals surface area contributed by atoms with Crippen molar-refractivity contribution in [1.29, 1.82) is 0 Å². The van der Waals surface area contributed by atoms with E-state index in [1.165, 1.54) is 13.2 Å². The summed E-state index contributed by atoms with van der Waals surface area (Å²) in [5.74, 6) is 0.0125. The molecule has 0 spiro atoms. The molecular weight excluding hydrogens is 246 g/mol. The summed E-state index contributed by atoms with van der Waals surface area (Å²) in [5, 5.41) is 0. The van der Waals surface area contributed by atoms with Gasteiger partial charge in [-0.05, 0) is 22.0 Å². The van der Waals surface area contributed by atoms with E-state index in [1.807, 2.05) is 0 Å². The third kappa shape index (κ3) is 2.06. The van der Waals surface area contributed by atoms with E-state index in [4.69, 9.17) is 10.5 Å². The van der Waals surface area contributed by atoms with Crippen LogP contribution in [-0.2, 0) is 0 Å². The van der Waals surface area contributed by atoms with Crippen LogP contribution in [0.5, 0.6) is 5.88 Å². The number of halogens is 3. The Bertz CT molecular complexity index is 320. The lowest BCUT2D eigenvalue weighted by atomic mass is 10.3. The summed E-state index contributed by atoms with van der Waals surface area (Å²) in [4.78, 5) is 3.55. The summed E-state index contributed by atoms with van der Waals surface area (Å²) in [6.45, 7) is 0. The third-order valence-electron chi connectivity index (χ3n) is 1.40. The first-order valence-corrected chi connectivity index (χ1v) is 4.13. The van der Waals surface area contributed by atoms with Gasteiger partial charge in [-0.2, -0.15) is 0 Å². The molecule has 3 nitrogen and oxygen atoms in total. The zero-order chi connectivity index (χ0) is 10.0. The molecule has 0 fully saturated rings. The van der Waals surface area contributed by atoms with Gasteiger partial charge in [-0.1, -0.05) is 0 Å². The molecule has 6 heteroatoms. The van der Waals surface area contributed by atoms with E-state index in [0.29, 0.717) is 0 Å². The quantitative estimate of drug-likeness (QED) is 0.880. The van der Waals surface area contributed by atoms with Crippen molar-refractivity contribution in [3.63, 3.8) is 0 Å². The van der Waals surface area contributed by atoms with Crippen LogP contribution in [0, 0.1) is 0 Å². The number of hydrogen-bond donors (Lipinski definition) is 1. The van der Waals surface area contributed by atoms with Crippen LogP contribution in [0.4, 0.5) is 14.5 Å². The maximum Gasteiger partial charge on any atom is 0.281 e. The van der Waals surface area contributed by atoms with E-state index in [2.05, 4.69) is 20.9 Å². The Labute approximate surface area is 82.0 Å². The molecule has 0 saturated carbocycles. The lowest BCUT2D eigenvalue weighted by molar-refractivity contribution is 0.144. The summed E-state index contributed by atoms with van der Waals surface area (Å²) in [7, 11) is 1.32. The fourth-order valence-corrected chi connectivity index (χ4v) is 1.32. The van der Waals surface area contributed by atoms with E-state index in [9.17, 15) is 8.78 Å². The highest BCUT2D eigenvalue weighted by molar-refractivity contribution is 9.10. The average molecular weight is 253 g/mol. The second-order valence-electron chi connectivity index (χ2n) is 2.25. The molecule has 72 valence electrons. The highest BCUT2D eigenvalue weighted by Crippen LogP contribution is 2.31.